The van der Waals surface area contributed by atoms with Crippen molar-refractivity contribution >= 4 is 0 Å². The minimum atomic E-state index is -4.08. The maximum absolute atomic E-state index is 11.8. The van der Waals surface area contributed by atoms with E-state index in [1.54, 1.807) is 4.90 Å². The molecule has 0 heterocycles. The largest absolute Gasteiger partial charge is 0.396 e. The summed E-state index contributed by atoms with van der Waals surface area (Å²) >= 11 is 0. The molecule has 0 amide bonds. The van der Waals surface area contributed by atoms with Gasteiger partial charge in [0.1, 0.15) is 0 Å². The van der Waals surface area contributed by atoms with E-state index in [4.69, 9.17) is 5.11 Å². The van der Waals surface area contributed by atoms with Gasteiger partial charge in [0.25, 0.3) is 0 Å². The second-order valence-electron chi connectivity index (χ2n) is 2.88. The molecule has 0 bridgehead atoms. The Morgan fingerprint density at radius 1 is 1.23 bits per heavy atom. The molecule has 5 heteroatoms. The van der Waals surface area contributed by atoms with E-state index in [0.29, 0.717) is 19.5 Å². The molecule has 0 aliphatic heterocycles. The van der Waals surface area contributed by atoms with Crippen LogP contribution in [0.5, 0.6) is 0 Å². The normalized spacial score (nSPS) is 12.5. The fraction of sp³-hybridized carbons (Fsp3) is 1.00. The number of aliphatic hydroxyl groups excluding tert-OH is 1. The van der Waals surface area contributed by atoms with E-state index in [-0.39, 0.29) is 13.2 Å². The highest BCUT2D eigenvalue weighted by Crippen LogP contribution is 2.19. The summed E-state index contributed by atoms with van der Waals surface area (Å²) in [5.41, 5.74) is 0. The molecule has 0 saturated heterocycles. The van der Waals surface area contributed by atoms with E-state index in [9.17, 15) is 13.2 Å². The Balaban J connectivity index is 3.59. The average molecular weight is 199 g/mol. The average Bonchev–Trinajstić information content (AvgIpc) is 2.03. The van der Waals surface area contributed by atoms with Gasteiger partial charge < -0.3 is 10.0 Å². The maximum Gasteiger partial charge on any atom is 0.390 e. The van der Waals surface area contributed by atoms with Crippen molar-refractivity contribution in [2.75, 3.05) is 26.2 Å². The van der Waals surface area contributed by atoms with E-state index < -0.39 is 12.6 Å². The highest BCUT2D eigenvalue weighted by atomic mass is 19.4. The summed E-state index contributed by atoms with van der Waals surface area (Å²) < 4.78 is 35.4. The van der Waals surface area contributed by atoms with Crippen molar-refractivity contribution in [3.63, 3.8) is 0 Å². The van der Waals surface area contributed by atoms with Gasteiger partial charge in [-0.25, -0.2) is 0 Å². The molecule has 80 valence electrons. The zero-order chi connectivity index (χ0) is 10.3. The fourth-order valence-electron chi connectivity index (χ4n) is 1.01. The summed E-state index contributed by atoms with van der Waals surface area (Å²) in [5.74, 6) is 0. The van der Waals surface area contributed by atoms with Gasteiger partial charge >= 0.3 is 6.18 Å². The lowest BCUT2D eigenvalue weighted by Crippen LogP contribution is -2.29. The molecule has 1 N–H and O–H groups in total. The molecule has 0 fully saturated rings. The lowest BCUT2D eigenvalue weighted by Gasteiger charge is -2.20. The van der Waals surface area contributed by atoms with Gasteiger partial charge in [-0.2, -0.15) is 13.2 Å². The van der Waals surface area contributed by atoms with Crippen molar-refractivity contribution < 1.29 is 18.3 Å². The molecule has 0 aromatic heterocycles. The topological polar surface area (TPSA) is 23.5 Å². The van der Waals surface area contributed by atoms with Gasteiger partial charge in [-0.15, -0.1) is 0 Å². The van der Waals surface area contributed by atoms with Gasteiger partial charge in [0, 0.05) is 19.7 Å². The maximum atomic E-state index is 11.8. The summed E-state index contributed by atoms with van der Waals surface area (Å²) in [5, 5.41) is 8.49. The summed E-state index contributed by atoms with van der Waals surface area (Å²) in [6.07, 6.45) is -4.31. The van der Waals surface area contributed by atoms with Crippen LogP contribution < -0.4 is 0 Å². The van der Waals surface area contributed by atoms with Crippen molar-refractivity contribution in [3.8, 4) is 0 Å². The minimum absolute atomic E-state index is 0.0278. The summed E-state index contributed by atoms with van der Waals surface area (Å²) in [6.45, 7) is 3.00. The zero-order valence-electron chi connectivity index (χ0n) is 7.77. The zero-order valence-corrected chi connectivity index (χ0v) is 7.77. The molecule has 0 radical (unpaired) electrons. The molecule has 0 atom stereocenters. The van der Waals surface area contributed by atoms with Crippen LogP contribution in [0.1, 0.15) is 19.8 Å². The van der Waals surface area contributed by atoms with Crippen LogP contribution in [0.25, 0.3) is 0 Å². The highest BCUT2D eigenvalue weighted by molar-refractivity contribution is 4.59. The van der Waals surface area contributed by atoms with Crippen molar-refractivity contribution in [1.82, 2.24) is 4.90 Å². The van der Waals surface area contributed by atoms with Crippen LogP contribution in [0.2, 0.25) is 0 Å². The van der Waals surface area contributed by atoms with Crippen molar-refractivity contribution in [2.24, 2.45) is 0 Å². The van der Waals surface area contributed by atoms with E-state index >= 15 is 0 Å². The molecule has 0 spiro atoms. The van der Waals surface area contributed by atoms with Crippen LogP contribution in [0.4, 0.5) is 13.2 Å². The minimum Gasteiger partial charge on any atom is -0.396 e. The van der Waals surface area contributed by atoms with Crippen LogP contribution in [0.15, 0.2) is 0 Å². The number of rotatable bonds is 6. The Bertz CT molecular complexity index is 127. The van der Waals surface area contributed by atoms with Gasteiger partial charge in [-0.1, -0.05) is 6.92 Å². The van der Waals surface area contributed by atoms with Crippen molar-refractivity contribution in [2.45, 2.75) is 25.9 Å². The molecule has 13 heavy (non-hydrogen) atoms. The number of alkyl halides is 3. The van der Waals surface area contributed by atoms with E-state index in [2.05, 4.69) is 0 Å². The first-order chi connectivity index (χ1) is 5.99. The lowest BCUT2D eigenvalue weighted by atomic mass is 10.3. The molecular weight excluding hydrogens is 183 g/mol. The third-order valence-corrected chi connectivity index (χ3v) is 1.79. The lowest BCUT2D eigenvalue weighted by molar-refractivity contribution is -0.137. The number of hydrogen-bond donors (Lipinski definition) is 1. The predicted molar refractivity (Wildman–Crippen MR) is 44.5 cm³/mol. The van der Waals surface area contributed by atoms with Crippen LogP contribution in [-0.2, 0) is 0 Å². The molecule has 0 saturated carbocycles. The first-order valence-electron chi connectivity index (χ1n) is 4.39. The third kappa shape index (κ3) is 8.05. The molecule has 0 rings (SSSR count). The van der Waals surface area contributed by atoms with Crippen LogP contribution in [0, 0.1) is 0 Å². The van der Waals surface area contributed by atoms with Crippen molar-refractivity contribution in [1.29, 1.82) is 0 Å². The molecule has 2 nitrogen and oxygen atoms in total. The first-order valence-corrected chi connectivity index (χ1v) is 4.39. The summed E-state index contributed by atoms with van der Waals surface area (Å²) in [4.78, 5) is 1.68. The monoisotopic (exact) mass is 199 g/mol. The van der Waals surface area contributed by atoms with E-state index in [1.807, 2.05) is 6.92 Å². The van der Waals surface area contributed by atoms with Crippen LogP contribution in [0.3, 0.4) is 0 Å². The predicted octanol–water partition coefficient (Wildman–Crippen LogP) is 1.64. The molecule has 0 aromatic carbocycles. The summed E-state index contributed by atoms with van der Waals surface area (Å²) in [7, 11) is 0. The Hall–Kier alpha value is -0.290. The Morgan fingerprint density at radius 3 is 2.23 bits per heavy atom. The second kappa shape index (κ2) is 6.21. The number of nitrogens with zero attached hydrogens (tertiary/aromatic N) is 1. The molecule has 0 aliphatic carbocycles. The third-order valence-electron chi connectivity index (χ3n) is 1.79. The number of halogens is 3. The fourth-order valence-corrected chi connectivity index (χ4v) is 1.01. The van der Waals surface area contributed by atoms with Gasteiger partial charge in [0.05, 0.1) is 6.42 Å². The van der Waals surface area contributed by atoms with Gasteiger partial charge in [0.2, 0.25) is 0 Å². The number of aliphatic hydroxyl groups is 1. The van der Waals surface area contributed by atoms with E-state index in [0.717, 1.165) is 0 Å². The van der Waals surface area contributed by atoms with Gasteiger partial charge in [-0.3, -0.25) is 0 Å². The highest BCUT2D eigenvalue weighted by Gasteiger charge is 2.27. The van der Waals surface area contributed by atoms with Gasteiger partial charge in [0.15, 0.2) is 0 Å². The first kappa shape index (κ1) is 12.7. The second-order valence-corrected chi connectivity index (χ2v) is 2.88. The number of hydrogen-bond acceptors (Lipinski definition) is 2. The van der Waals surface area contributed by atoms with Crippen molar-refractivity contribution in [3.05, 3.63) is 0 Å². The van der Waals surface area contributed by atoms with Gasteiger partial charge in [-0.05, 0) is 13.0 Å². The standard InChI is InChI=1S/C8H16F3NO/c1-2-12(5-3-7-13)6-4-8(9,10)11/h13H,2-7H2,1H3. The van der Waals surface area contributed by atoms with Crippen LogP contribution in [-0.4, -0.2) is 42.4 Å². The SMILES string of the molecule is CCN(CCCO)CCC(F)(F)F. The molecule has 0 aromatic rings. The quantitative estimate of drug-likeness (QED) is 0.703. The molecule has 0 aliphatic rings. The molecule has 0 unspecified atom stereocenters. The molecular formula is C8H16F3NO. The Kier molecular flexibility index (Phi) is 6.07. The smallest absolute Gasteiger partial charge is 0.390 e. The van der Waals surface area contributed by atoms with E-state index in [1.165, 1.54) is 0 Å². The Labute approximate surface area is 76.3 Å². The summed E-state index contributed by atoms with van der Waals surface area (Å²) in [6, 6.07) is 0. The Morgan fingerprint density at radius 2 is 1.85 bits per heavy atom. The van der Waals surface area contributed by atoms with Crippen LogP contribution >= 0.6 is 0 Å².